The number of aryl methyl sites for hydroxylation is 2. The number of hydrogen-bond donors (Lipinski definition) is 0. The normalized spacial score (nSPS) is 18.1. The van der Waals surface area contributed by atoms with E-state index >= 15 is 0 Å². The molecule has 0 radical (unpaired) electrons. The zero-order valence-electron chi connectivity index (χ0n) is 20.0. The highest BCUT2D eigenvalue weighted by Gasteiger charge is 2.32. The van der Waals surface area contributed by atoms with Crippen molar-refractivity contribution in [1.29, 1.82) is 0 Å². The minimum atomic E-state index is -4.47. The lowest BCUT2D eigenvalue weighted by Crippen LogP contribution is -2.10. The van der Waals surface area contributed by atoms with Crippen LogP contribution in [0.5, 0.6) is 0 Å². The van der Waals surface area contributed by atoms with Crippen LogP contribution in [0.25, 0.3) is 22.4 Å². The molecule has 1 atom stereocenters. The molecule has 1 unspecified atom stereocenters. The van der Waals surface area contributed by atoms with E-state index in [0.29, 0.717) is 40.3 Å². The molecule has 0 amide bonds. The second-order valence-electron chi connectivity index (χ2n) is 9.06. The van der Waals surface area contributed by atoms with E-state index in [4.69, 9.17) is 4.74 Å². The van der Waals surface area contributed by atoms with Gasteiger partial charge in [-0.3, -0.25) is 9.67 Å². The fourth-order valence-corrected chi connectivity index (χ4v) is 4.02. The fourth-order valence-electron chi connectivity index (χ4n) is 4.02. The summed E-state index contributed by atoms with van der Waals surface area (Å²) in [6.45, 7) is 4.52. The average Bonchev–Trinajstić information content (AvgIpc) is 3.61. The largest absolute Gasteiger partial charge is 0.433 e. The van der Waals surface area contributed by atoms with E-state index in [2.05, 4.69) is 40.9 Å². The van der Waals surface area contributed by atoms with Gasteiger partial charge >= 0.3 is 6.18 Å². The molecule has 1 aliphatic carbocycles. The van der Waals surface area contributed by atoms with Gasteiger partial charge in [0, 0.05) is 30.1 Å². The standard InChI is InChI=1S/C14H10F3N5.C11H16N2O/c1-7-8(2)22-13-12(21-7)11(19-6-20-13)9-3-4-10(18-5-9)14(15,16)17;1-2-6-14-11(3-1)9-7-12-13(8-9)10-4-5-10/h3-6H,1-2H3;7-8,10-11H,1-6H2. The number of nitrogens with zero attached hydrogens (tertiary/aromatic N) is 7. The van der Waals surface area contributed by atoms with Crippen LogP contribution in [-0.2, 0) is 10.9 Å². The Morgan fingerprint density at radius 1 is 0.944 bits per heavy atom. The molecular formula is C25H26F3N7O. The summed E-state index contributed by atoms with van der Waals surface area (Å²) in [5, 5.41) is 4.39. The van der Waals surface area contributed by atoms with E-state index in [1.807, 2.05) is 13.1 Å². The van der Waals surface area contributed by atoms with Gasteiger partial charge in [-0.25, -0.2) is 19.9 Å². The van der Waals surface area contributed by atoms with Gasteiger partial charge in [-0.15, -0.1) is 0 Å². The van der Waals surface area contributed by atoms with E-state index in [0.717, 1.165) is 31.0 Å². The lowest BCUT2D eigenvalue weighted by Gasteiger charge is -2.21. The number of alkyl halides is 3. The monoisotopic (exact) mass is 497 g/mol. The molecule has 1 saturated carbocycles. The van der Waals surface area contributed by atoms with Crippen LogP contribution in [0.15, 0.2) is 37.1 Å². The van der Waals surface area contributed by atoms with Crippen molar-refractivity contribution in [3.8, 4) is 11.3 Å². The molecule has 0 aromatic carbocycles. The van der Waals surface area contributed by atoms with Crippen molar-refractivity contribution in [3.05, 3.63) is 59.7 Å². The molecule has 0 spiro atoms. The molecule has 4 aromatic heterocycles. The summed E-state index contributed by atoms with van der Waals surface area (Å²) in [5.74, 6) is 0. The van der Waals surface area contributed by atoms with Crippen molar-refractivity contribution in [2.75, 3.05) is 6.61 Å². The van der Waals surface area contributed by atoms with Crippen LogP contribution >= 0.6 is 0 Å². The van der Waals surface area contributed by atoms with Gasteiger partial charge in [0.05, 0.1) is 29.7 Å². The molecule has 1 aliphatic heterocycles. The minimum absolute atomic E-state index is 0.316. The first-order valence-corrected chi connectivity index (χ1v) is 11.9. The lowest BCUT2D eigenvalue weighted by molar-refractivity contribution is -0.141. The van der Waals surface area contributed by atoms with Crippen LogP contribution in [-0.4, -0.2) is 41.3 Å². The Labute approximate surface area is 206 Å². The molecule has 5 heterocycles. The number of pyridine rings is 1. The van der Waals surface area contributed by atoms with Gasteiger partial charge in [-0.2, -0.15) is 18.3 Å². The number of hydrogen-bond acceptors (Lipinski definition) is 7. The Morgan fingerprint density at radius 3 is 2.42 bits per heavy atom. The van der Waals surface area contributed by atoms with Crippen molar-refractivity contribution >= 4 is 11.2 Å². The van der Waals surface area contributed by atoms with Gasteiger partial charge in [0.15, 0.2) is 5.65 Å². The molecule has 188 valence electrons. The zero-order chi connectivity index (χ0) is 25.3. The summed E-state index contributed by atoms with van der Waals surface area (Å²) >= 11 is 0. The van der Waals surface area contributed by atoms with Gasteiger partial charge in [0.25, 0.3) is 0 Å². The molecule has 11 heteroatoms. The van der Waals surface area contributed by atoms with Crippen molar-refractivity contribution in [2.45, 2.75) is 64.3 Å². The Morgan fingerprint density at radius 2 is 1.75 bits per heavy atom. The van der Waals surface area contributed by atoms with Crippen LogP contribution in [0.4, 0.5) is 13.2 Å². The molecule has 6 rings (SSSR count). The number of fused-ring (bicyclic) bond motifs is 1. The van der Waals surface area contributed by atoms with Crippen LogP contribution in [0.3, 0.4) is 0 Å². The Balaban J connectivity index is 0.000000163. The van der Waals surface area contributed by atoms with E-state index in [9.17, 15) is 13.2 Å². The molecule has 8 nitrogen and oxygen atoms in total. The van der Waals surface area contributed by atoms with Crippen molar-refractivity contribution in [3.63, 3.8) is 0 Å². The molecule has 2 fully saturated rings. The number of halogens is 3. The van der Waals surface area contributed by atoms with Crippen molar-refractivity contribution in [2.24, 2.45) is 0 Å². The predicted octanol–water partition coefficient (Wildman–Crippen LogP) is 5.58. The summed E-state index contributed by atoms with van der Waals surface area (Å²) in [5.41, 5.74) is 3.44. The van der Waals surface area contributed by atoms with Gasteiger partial charge in [0.2, 0.25) is 0 Å². The predicted molar refractivity (Wildman–Crippen MR) is 126 cm³/mol. The summed E-state index contributed by atoms with van der Waals surface area (Å²) in [7, 11) is 0. The molecule has 36 heavy (non-hydrogen) atoms. The highest BCUT2D eigenvalue weighted by atomic mass is 19.4. The first-order chi connectivity index (χ1) is 17.3. The summed E-state index contributed by atoms with van der Waals surface area (Å²) in [4.78, 5) is 20.3. The Kier molecular flexibility index (Phi) is 6.65. The molecule has 4 aromatic rings. The molecule has 1 saturated heterocycles. The van der Waals surface area contributed by atoms with Crippen molar-refractivity contribution in [1.82, 2.24) is 34.7 Å². The third kappa shape index (κ3) is 5.35. The maximum Gasteiger partial charge on any atom is 0.433 e. The lowest BCUT2D eigenvalue weighted by atomic mass is 10.0. The zero-order valence-corrected chi connectivity index (χ0v) is 20.0. The second kappa shape index (κ2) is 9.88. The maximum atomic E-state index is 12.6. The second-order valence-corrected chi connectivity index (χ2v) is 9.06. The molecular weight excluding hydrogens is 471 g/mol. The summed E-state index contributed by atoms with van der Waals surface area (Å²) in [6, 6.07) is 2.92. The SMILES string of the molecule is Cc1nc2ncnc(-c3ccc(C(F)(F)F)nc3)c2nc1C.c1nn(C2CC2)cc1C1CCCCO1. The third-order valence-corrected chi connectivity index (χ3v) is 6.30. The number of aromatic nitrogens is 7. The molecule has 2 aliphatic rings. The summed E-state index contributed by atoms with van der Waals surface area (Å²) in [6.07, 6.45) is 8.70. The van der Waals surface area contributed by atoms with E-state index < -0.39 is 11.9 Å². The molecule has 0 N–H and O–H groups in total. The van der Waals surface area contributed by atoms with Crippen molar-refractivity contribution < 1.29 is 17.9 Å². The summed E-state index contributed by atoms with van der Waals surface area (Å²) < 4.78 is 45.5. The fraction of sp³-hybridized carbons (Fsp3) is 0.440. The Hall–Kier alpha value is -3.47. The van der Waals surface area contributed by atoms with Gasteiger partial charge in [-0.05, 0) is 58.1 Å². The van der Waals surface area contributed by atoms with Crippen LogP contribution < -0.4 is 0 Å². The molecule has 0 bridgehead atoms. The first-order valence-electron chi connectivity index (χ1n) is 11.9. The number of rotatable bonds is 3. The van der Waals surface area contributed by atoms with Crippen LogP contribution in [0.1, 0.15) is 66.9 Å². The number of ether oxygens (including phenoxy) is 1. The average molecular weight is 498 g/mol. The van der Waals surface area contributed by atoms with Crippen LogP contribution in [0.2, 0.25) is 0 Å². The quantitative estimate of drug-likeness (QED) is 0.365. The van der Waals surface area contributed by atoms with Gasteiger partial charge < -0.3 is 4.74 Å². The van der Waals surface area contributed by atoms with E-state index in [-0.39, 0.29) is 0 Å². The van der Waals surface area contributed by atoms with Crippen LogP contribution in [0, 0.1) is 13.8 Å². The van der Waals surface area contributed by atoms with E-state index in [1.165, 1.54) is 43.6 Å². The minimum Gasteiger partial charge on any atom is -0.373 e. The first kappa shape index (κ1) is 24.2. The topological polar surface area (TPSA) is 91.5 Å². The highest BCUT2D eigenvalue weighted by molar-refractivity contribution is 5.86. The van der Waals surface area contributed by atoms with Gasteiger partial charge in [-0.1, -0.05) is 0 Å². The Bertz CT molecular complexity index is 1340. The highest BCUT2D eigenvalue weighted by Crippen LogP contribution is 2.36. The van der Waals surface area contributed by atoms with Gasteiger partial charge in [0.1, 0.15) is 23.2 Å². The third-order valence-electron chi connectivity index (χ3n) is 6.30. The smallest absolute Gasteiger partial charge is 0.373 e. The maximum absolute atomic E-state index is 12.6. The van der Waals surface area contributed by atoms with E-state index in [1.54, 1.807) is 6.92 Å².